The van der Waals surface area contributed by atoms with Crippen molar-refractivity contribution in [3.63, 3.8) is 0 Å². The predicted molar refractivity (Wildman–Crippen MR) is 200 cm³/mol. The fourth-order valence-corrected chi connectivity index (χ4v) is 5.83. The Balaban J connectivity index is 4.61. The second-order valence-electron chi connectivity index (χ2n) is 12.6. The molecule has 1 amide bonds. The first-order valence-corrected chi connectivity index (χ1v) is 20.4. The molecule has 0 aromatic heterocycles. The van der Waals surface area contributed by atoms with E-state index in [0.717, 1.165) is 19.3 Å². The van der Waals surface area contributed by atoms with Crippen molar-refractivity contribution in [3.05, 3.63) is 48.6 Å². The third-order valence-electron chi connectivity index (χ3n) is 7.94. The number of rotatable bonds is 34. The Morgan fingerprint density at radius 1 is 0.708 bits per heavy atom. The maximum absolute atomic E-state index is 12.7. The molecule has 280 valence electrons. The zero-order valence-electron chi connectivity index (χ0n) is 30.3. The van der Waals surface area contributed by atoms with Gasteiger partial charge >= 0.3 is 7.82 Å². The summed E-state index contributed by atoms with van der Waals surface area (Å²) in [5.41, 5.74) is 5.33. The Hall–Kier alpha value is -1.58. The summed E-state index contributed by atoms with van der Waals surface area (Å²) in [6, 6.07) is -1.03. The fourth-order valence-electron chi connectivity index (χ4n) is 5.07. The molecule has 4 unspecified atom stereocenters. The summed E-state index contributed by atoms with van der Waals surface area (Å²) < 4.78 is 21.9. The van der Waals surface area contributed by atoms with Crippen LogP contribution in [-0.4, -0.2) is 59.0 Å². The van der Waals surface area contributed by atoms with Crippen LogP contribution in [0.4, 0.5) is 0 Å². The Labute approximate surface area is 293 Å². The summed E-state index contributed by atoms with van der Waals surface area (Å²) in [5, 5.41) is 23.7. The monoisotopic (exact) mass is 698 g/mol. The highest BCUT2D eigenvalue weighted by Crippen LogP contribution is 2.43. The number of hydrogen-bond donors (Lipinski definition) is 5. The first-order valence-electron chi connectivity index (χ1n) is 18.9. The number of unbranched alkanes of at least 4 members (excludes halogenated alkanes) is 16. The van der Waals surface area contributed by atoms with Crippen LogP contribution in [0.1, 0.15) is 149 Å². The van der Waals surface area contributed by atoms with Gasteiger partial charge in [-0.05, 0) is 44.9 Å². The molecular weight excluding hydrogens is 627 g/mol. The molecule has 0 rings (SSSR count). The quantitative estimate of drug-likeness (QED) is 0.0254. The second-order valence-corrected chi connectivity index (χ2v) is 14.1. The number of nitrogens with one attached hydrogen (secondary N) is 1. The number of carbonyl (C=O) groups is 1. The summed E-state index contributed by atoms with van der Waals surface area (Å²) >= 11 is 0. The Kier molecular flexibility index (Phi) is 32.8. The lowest BCUT2D eigenvalue weighted by Gasteiger charge is -2.23. The van der Waals surface area contributed by atoms with E-state index in [4.69, 9.17) is 14.8 Å². The number of hydrogen-bond acceptors (Lipinski definition) is 7. The molecule has 0 radical (unpaired) electrons. The summed E-state index contributed by atoms with van der Waals surface area (Å²) in [4.78, 5) is 22.6. The minimum atomic E-state index is -4.41. The molecule has 0 saturated carbocycles. The number of amides is 1. The van der Waals surface area contributed by atoms with Crippen LogP contribution in [0.3, 0.4) is 0 Å². The first kappa shape index (κ1) is 46.4. The van der Waals surface area contributed by atoms with Crippen LogP contribution in [0.25, 0.3) is 0 Å². The predicted octanol–water partition coefficient (Wildman–Crippen LogP) is 8.74. The zero-order chi connectivity index (χ0) is 35.6. The van der Waals surface area contributed by atoms with Crippen LogP contribution >= 0.6 is 7.82 Å². The van der Waals surface area contributed by atoms with Gasteiger partial charge in [0.1, 0.15) is 0 Å². The molecule has 0 bridgehead atoms. The van der Waals surface area contributed by atoms with Gasteiger partial charge in [0.2, 0.25) is 5.91 Å². The van der Waals surface area contributed by atoms with Crippen molar-refractivity contribution < 1.29 is 33.5 Å². The molecule has 0 spiro atoms. The van der Waals surface area contributed by atoms with Crippen LogP contribution in [0.15, 0.2) is 48.6 Å². The molecule has 0 saturated heterocycles. The van der Waals surface area contributed by atoms with Gasteiger partial charge in [0, 0.05) is 6.54 Å². The number of aliphatic hydroxyl groups excluding tert-OH is 2. The lowest BCUT2D eigenvalue weighted by atomic mass is 10.1. The zero-order valence-corrected chi connectivity index (χ0v) is 31.2. The lowest BCUT2D eigenvalue weighted by Crippen LogP contribution is -2.46. The summed E-state index contributed by atoms with van der Waals surface area (Å²) in [6.07, 6.45) is 36.6. The van der Waals surface area contributed by atoms with Crippen LogP contribution in [0.2, 0.25) is 0 Å². The average Bonchev–Trinajstić information content (AvgIpc) is 3.06. The van der Waals surface area contributed by atoms with Gasteiger partial charge in [-0.25, -0.2) is 4.57 Å². The Bertz CT molecular complexity index is 909. The maximum Gasteiger partial charge on any atom is 0.472 e. The van der Waals surface area contributed by atoms with Crippen molar-refractivity contribution in [3.8, 4) is 0 Å². The number of carbonyl (C=O) groups excluding carboxylic acids is 1. The molecule has 0 aliphatic heterocycles. The van der Waals surface area contributed by atoms with E-state index < -0.39 is 38.6 Å². The fraction of sp³-hybridized carbons (Fsp3) is 0.763. The van der Waals surface area contributed by atoms with Crippen molar-refractivity contribution >= 4 is 13.7 Å². The largest absolute Gasteiger partial charge is 0.472 e. The van der Waals surface area contributed by atoms with Gasteiger partial charge in [-0.2, -0.15) is 0 Å². The third kappa shape index (κ3) is 31.7. The Morgan fingerprint density at radius 3 is 1.81 bits per heavy atom. The van der Waals surface area contributed by atoms with E-state index >= 15 is 0 Å². The van der Waals surface area contributed by atoms with Crippen molar-refractivity contribution in [2.45, 2.75) is 167 Å². The lowest BCUT2D eigenvalue weighted by molar-refractivity contribution is -0.124. The molecule has 48 heavy (non-hydrogen) atoms. The maximum atomic E-state index is 12.7. The molecule has 0 aliphatic carbocycles. The van der Waals surface area contributed by atoms with Crippen LogP contribution in [-0.2, 0) is 18.4 Å². The molecule has 10 heteroatoms. The highest BCUT2D eigenvalue weighted by atomic mass is 31.2. The smallest absolute Gasteiger partial charge is 0.389 e. The second kappa shape index (κ2) is 33.9. The molecule has 0 fully saturated rings. The highest BCUT2D eigenvalue weighted by molar-refractivity contribution is 7.47. The molecule has 6 N–H and O–H groups in total. The normalized spacial score (nSPS) is 15.5. The van der Waals surface area contributed by atoms with E-state index in [-0.39, 0.29) is 19.6 Å². The topological polar surface area (TPSA) is 151 Å². The standard InChI is InChI=1S/C38H71N2O7P/c1-3-5-7-9-11-13-15-16-17-18-20-22-24-26-28-30-37(42)36(34-47-48(44,45)46-32-31-39)40-38(43)33-35(41)29-27-25-23-21-19-14-12-10-8-6-4-2/h20-23,27-30,35-37,41-42H,3-19,24-26,31-34,39H2,1-2H3,(H,40,43)(H,44,45)/b22-20+,23-21-,29-27-,30-28+. The molecular formula is C38H71N2O7P. The molecule has 0 aromatic rings. The van der Waals surface area contributed by atoms with E-state index in [1.807, 2.05) is 12.2 Å². The van der Waals surface area contributed by atoms with E-state index in [0.29, 0.717) is 12.8 Å². The molecule has 0 aliphatic rings. The van der Waals surface area contributed by atoms with Gasteiger partial charge in [0.05, 0.1) is 37.9 Å². The van der Waals surface area contributed by atoms with Crippen LogP contribution in [0, 0.1) is 0 Å². The van der Waals surface area contributed by atoms with Gasteiger partial charge in [-0.3, -0.25) is 13.8 Å². The number of allylic oxidation sites excluding steroid dienone is 6. The van der Waals surface area contributed by atoms with Gasteiger partial charge < -0.3 is 26.2 Å². The SMILES string of the molecule is CCCCCCCC/C=C\C/C=C\C(O)CC(=O)NC(COP(=O)(O)OCCN)C(O)/C=C/CC/C=C/CCCCCCCCCCC. The molecule has 9 nitrogen and oxygen atoms in total. The summed E-state index contributed by atoms with van der Waals surface area (Å²) in [7, 11) is -4.41. The first-order chi connectivity index (χ1) is 23.3. The van der Waals surface area contributed by atoms with Crippen molar-refractivity contribution in [1.82, 2.24) is 5.32 Å². The third-order valence-corrected chi connectivity index (χ3v) is 8.92. The van der Waals surface area contributed by atoms with Crippen molar-refractivity contribution in [1.29, 1.82) is 0 Å². The van der Waals surface area contributed by atoms with Gasteiger partial charge in [0.15, 0.2) is 0 Å². The van der Waals surface area contributed by atoms with Gasteiger partial charge in [0.25, 0.3) is 0 Å². The molecule has 0 heterocycles. The molecule has 4 atom stereocenters. The van der Waals surface area contributed by atoms with E-state index in [9.17, 15) is 24.5 Å². The summed E-state index contributed by atoms with van der Waals surface area (Å²) in [6.45, 7) is 3.85. The average molecular weight is 699 g/mol. The van der Waals surface area contributed by atoms with E-state index in [1.54, 1.807) is 12.2 Å². The molecule has 0 aromatic carbocycles. The van der Waals surface area contributed by atoms with E-state index in [2.05, 4.69) is 43.5 Å². The highest BCUT2D eigenvalue weighted by Gasteiger charge is 2.27. The van der Waals surface area contributed by atoms with Gasteiger partial charge in [-0.1, -0.05) is 146 Å². The van der Waals surface area contributed by atoms with Crippen molar-refractivity contribution in [2.75, 3.05) is 19.8 Å². The Morgan fingerprint density at radius 2 is 1.23 bits per heavy atom. The number of phosphoric acid groups is 1. The van der Waals surface area contributed by atoms with E-state index in [1.165, 1.54) is 96.3 Å². The van der Waals surface area contributed by atoms with Crippen LogP contribution < -0.4 is 11.1 Å². The summed E-state index contributed by atoms with van der Waals surface area (Å²) in [5.74, 6) is -0.526. The minimum Gasteiger partial charge on any atom is -0.389 e. The number of phosphoric ester groups is 1. The number of aliphatic hydroxyl groups is 2. The number of nitrogens with two attached hydrogens (primary N) is 1. The van der Waals surface area contributed by atoms with Crippen LogP contribution in [0.5, 0.6) is 0 Å². The van der Waals surface area contributed by atoms with Gasteiger partial charge in [-0.15, -0.1) is 0 Å². The van der Waals surface area contributed by atoms with Crippen molar-refractivity contribution in [2.24, 2.45) is 5.73 Å². The minimum absolute atomic E-state index is 0.0351.